The van der Waals surface area contributed by atoms with Gasteiger partial charge in [0.05, 0.1) is 4.88 Å². The van der Waals surface area contributed by atoms with Crippen LogP contribution in [0.2, 0.25) is 0 Å². The third-order valence-electron chi connectivity index (χ3n) is 1.67. The average molecular weight is 282 g/mol. The second kappa shape index (κ2) is 9.63. The van der Waals surface area contributed by atoms with Crippen molar-refractivity contribution in [3.05, 3.63) is 21.4 Å². The van der Waals surface area contributed by atoms with E-state index in [-0.39, 0.29) is 5.41 Å². The van der Waals surface area contributed by atoms with E-state index >= 15 is 0 Å². The fourth-order valence-electron chi connectivity index (χ4n) is 1.01. The zero-order valence-corrected chi connectivity index (χ0v) is 14.2. The van der Waals surface area contributed by atoms with Crippen molar-refractivity contribution in [1.29, 1.82) is 0 Å². The van der Waals surface area contributed by atoms with Crippen LogP contribution in [-0.4, -0.2) is 11.1 Å². The first-order valence-corrected chi connectivity index (χ1v) is 7.48. The lowest BCUT2D eigenvalue weighted by molar-refractivity contribution is 0.0701. The van der Waals surface area contributed by atoms with Gasteiger partial charge in [-0.3, -0.25) is 0 Å². The summed E-state index contributed by atoms with van der Waals surface area (Å²) in [4.78, 5) is 12.0. The molecule has 0 spiro atoms. The molecular formula is C16H26O2S. The largest absolute Gasteiger partial charge is 0.477 e. The summed E-state index contributed by atoms with van der Waals surface area (Å²) in [6.45, 7) is 15.9. The Bertz CT molecular complexity index is 440. The highest BCUT2D eigenvalue weighted by Crippen LogP contribution is 2.21. The lowest BCUT2D eigenvalue weighted by Crippen LogP contribution is -1.98. The first-order chi connectivity index (χ1) is 8.79. The van der Waals surface area contributed by atoms with Gasteiger partial charge in [-0.25, -0.2) is 4.79 Å². The summed E-state index contributed by atoms with van der Waals surface area (Å²) < 4.78 is 0. The molecular weight excluding hydrogens is 256 g/mol. The molecule has 0 fully saturated rings. The fraction of sp³-hybridized carbons (Fsp3) is 0.562. The van der Waals surface area contributed by atoms with Gasteiger partial charge in [0.2, 0.25) is 0 Å². The molecule has 0 saturated heterocycles. The average Bonchev–Trinajstić information content (AvgIpc) is 2.73. The van der Waals surface area contributed by atoms with E-state index in [0.717, 1.165) is 10.4 Å². The van der Waals surface area contributed by atoms with Gasteiger partial charge in [0.25, 0.3) is 0 Å². The fourth-order valence-corrected chi connectivity index (χ4v) is 1.87. The summed E-state index contributed by atoms with van der Waals surface area (Å²) in [7, 11) is 0. The van der Waals surface area contributed by atoms with Crippen molar-refractivity contribution in [3.63, 3.8) is 0 Å². The van der Waals surface area contributed by atoms with Gasteiger partial charge in [-0.1, -0.05) is 39.5 Å². The predicted molar refractivity (Wildman–Crippen MR) is 85.0 cm³/mol. The number of carboxylic acid groups (broad SMARTS) is 1. The molecule has 0 aliphatic heterocycles. The highest BCUT2D eigenvalue weighted by molar-refractivity contribution is 7.14. The van der Waals surface area contributed by atoms with Gasteiger partial charge in [-0.05, 0) is 39.3 Å². The Morgan fingerprint density at radius 2 is 1.68 bits per heavy atom. The van der Waals surface area contributed by atoms with Gasteiger partial charge in [0, 0.05) is 5.41 Å². The molecule has 3 heteroatoms. The van der Waals surface area contributed by atoms with Gasteiger partial charge in [0.1, 0.15) is 4.88 Å². The van der Waals surface area contributed by atoms with E-state index in [0.29, 0.717) is 4.88 Å². The first kappa shape index (κ1) is 20.1. The van der Waals surface area contributed by atoms with E-state index in [1.165, 1.54) is 11.3 Å². The molecule has 1 aromatic rings. The molecule has 0 amide bonds. The van der Waals surface area contributed by atoms with Crippen LogP contribution in [0.3, 0.4) is 0 Å². The summed E-state index contributed by atoms with van der Waals surface area (Å²) in [6, 6.07) is 1.83. The van der Waals surface area contributed by atoms with E-state index in [1.807, 2.05) is 54.5 Å². The number of aryl methyl sites for hydroxylation is 1. The smallest absolute Gasteiger partial charge is 0.346 e. The van der Waals surface area contributed by atoms with Gasteiger partial charge < -0.3 is 5.11 Å². The van der Waals surface area contributed by atoms with Crippen LogP contribution in [0, 0.1) is 24.2 Å². The maximum absolute atomic E-state index is 10.8. The Labute approximate surface area is 121 Å². The second-order valence-electron chi connectivity index (χ2n) is 4.43. The van der Waals surface area contributed by atoms with Crippen molar-refractivity contribution < 1.29 is 9.90 Å². The Balaban J connectivity index is 0. The Morgan fingerprint density at radius 1 is 1.21 bits per heavy atom. The third-order valence-corrected chi connectivity index (χ3v) is 2.81. The Morgan fingerprint density at radius 3 is 2.00 bits per heavy atom. The molecule has 1 aromatic heterocycles. The quantitative estimate of drug-likeness (QED) is 0.718. The van der Waals surface area contributed by atoms with Crippen LogP contribution in [-0.2, 0) is 0 Å². The number of carboxylic acids is 1. The SMILES string of the molecule is CC.CC.Cc1cc(C#CC(C)(C)C)sc1C(=O)O. The summed E-state index contributed by atoms with van der Waals surface area (Å²) in [5.74, 6) is 5.22. The van der Waals surface area contributed by atoms with Crippen molar-refractivity contribution in [2.24, 2.45) is 5.41 Å². The number of hydrogen-bond acceptors (Lipinski definition) is 2. The minimum atomic E-state index is -0.874. The molecule has 108 valence electrons. The normalized spacial score (nSPS) is 9.05. The molecule has 1 heterocycles. The minimum absolute atomic E-state index is 0.0543. The van der Waals surface area contributed by atoms with Crippen molar-refractivity contribution in [1.82, 2.24) is 0 Å². The van der Waals surface area contributed by atoms with Gasteiger partial charge in [-0.15, -0.1) is 11.3 Å². The summed E-state index contributed by atoms with van der Waals surface area (Å²) in [5.41, 5.74) is 0.729. The monoisotopic (exact) mass is 282 g/mol. The number of thiophene rings is 1. The van der Waals surface area contributed by atoms with Crippen LogP contribution in [0.1, 0.15) is 68.6 Å². The van der Waals surface area contributed by atoms with Crippen molar-refractivity contribution in [2.45, 2.75) is 55.4 Å². The first-order valence-electron chi connectivity index (χ1n) is 6.66. The van der Waals surface area contributed by atoms with Crippen molar-refractivity contribution in [2.75, 3.05) is 0 Å². The van der Waals surface area contributed by atoms with E-state index < -0.39 is 5.97 Å². The number of carbonyl (C=O) groups is 1. The van der Waals surface area contributed by atoms with Crippen molar-refractivity contribution in [3.8, 4) is 11.8 Å². The molecule has 0 atom stereocenters. The lowest BCUT2D eigenvalue weighted by atomic mass is 9.98. The molecule has 1 rings (SSSR count). The molecule has 0 saturated carbocycles. The van der Waals surface area contributed by atoms with E-state index in [9.17, 15) is 4.79 Å². The van der Waals surface area contributed by atoms with Crippen LogP contribution in [0.5, 0.6) is 0 Å². The molecule has 0 unspecified atom stereocenters. The highest BCUT2D eigenvalue weighted by atomic mass is 32.1. The molecule has 0 aliphatic rings. The Kier molecular flexibility index (Phi) is 10.2. The van der Waals surface area contributed by atoms with Crippen LogP contribution in [0.15, 0.2) is 6.07 Å². The summed E-state index contributed by atoms with van der Waals surface area (Å²) in [5, 5.41) is 8.87. The van der Waals surface area contributed by atoms with E-state index in [4.69, 9.17) is 5.11 Å². The molecule has 0 aliphatic carbocycles. The van der Waals surface area contributed by atoms with Gasteiger partial charge in [-0.2, -0.15) is 0 Å². The van der Waals surface area contributed by atoms with Crippen LogP contribution < -0.4 is 0 Å². The van der Waals surface area contributed by atoms with Crippen LogP contribution >= 0.6 is 11.3 Å². The Hall–Kier alpha value is -1.27. The topological polar surface area (TPSA) is 37.3 Å². The third kappa shape index (κ3) is 8.45. The van der Waals surface area contributed by atoms with E-state index in [1.54, 1.807) is 6.92 Å². The second-order valence-corrected chi connectivity index (χ2v) is 5.48. The zero-order chi connectivity index (χ0) is 15.6. The number of rotatable bonds is 1. The molecule has 0 aromatic carbocycles. The maximum Gasteiger partial charge on any atom is 0.346 e. The number of hydrogen-bond donors (Lipinski definition) is 1. The molecule has 19 heavy (non-hydrogen) atoms. The van der Waals surface area contributed by atoms with Crippen LogP contribution in [0.4, 0.5) is 0 Å². The summed E-state index contributed by atoms with van der Waals surface area (Å²) in [6.07, 6.45) is 0. The van der Waals surface area contributed by atoms with Crippen molar-refractivity contribution >= 4 is 17.3 Å². The van der Waals surface area contributed by atoms with Gasteiger partial charge in [0.15, 0.2) is 0 Å². The lowest BCUT2D eigenvalue weighted by Gasteiger charge is -2.06. The molecule has 2 nitrogen and oxygen atoms in total. The zero-order valence-electron chi connectivity index (χ0n) is 13.3. The standard InChI is InChI=1S/C12H14O2S.2C2H6/c1-8-7-9(5-6-12(2,3)4)15-10(8)11(13)14;2*1-2/h7H,1-4H3,(H,13,14);2*1-2H3. The van der Waals surface area contributed by atoms with E-state index in [2.05, 4.69) is 11.8 Å². The minimum Gasteiger partial charge on any atom is -0.477 e. The summed E-state index contributed by atoms with van der Waals surface area (Å²) >= 11 is 1.24. The molecule has 0 bridgehead atoms. The maximum atomic E-state index is 10.8. The molecule has 1 N–H and O–H groups in total. The number of aromatic carboxylic acids is 1. The predicted octanol–water partition coefficient (Wildman–Crippen LogP) is 5.20. The highest BCUT2D eigenvalue weighted by Gasteiger charge is 2.11. The molecule has 0 radical (unpaired) electrons. The van der Waals surface area contributed by atoms with Gasteiger partial charge >= 0.3 is 5.97 Å². The van der Waals surface area contributed by atoms with Crippen LogP contribution in [0.25, 0.3) is 0 Å².